The highest BCUT2D eigenvalue weighted by Gasteiger charge is 2.69. The number of carboxylic acid groups (broad SMARTS) is 1. The van der Waals surface area contributed by atoms with Crippen LogP contribution in [0, 0.1) is 5.41 Å². The number of primary amides is 1. The van der Waals surface area contributed by atoms with Crippen LogP contribution in [0.4, 0.5) is 9.80 Å². The SMILES string of the molecule is CSC1(N(C(C)=O)c2cccs2)C(=O)N2CC(COC(N)=O)(C(=O)O)CS[C@@H]21. The number of ether oxygens (including phenoxy) is 1. The second kappa shape index (κ2) is 7.48. The fraction of sp³-hybridized carbons (Fsp3) is 0.500. The Kier molecular flexibility index (Phi) is 5.56. The molecule has 152 valence electrons. The summed E-state index contributed by atoms with van der Waals surface area (Å²) < 4.78 is 4.75. The van der Waals surface area contributed by atoms with Gasteiger partial charge in [0.05, 0.1) is 5.00 Å². The molecule has 2 aliphatic heterocycles. The van der Waals surface area contributed by atoms with Crippen molar-refractivity contribution in [2.45, 2.75) is 17.2 Å². The average molecular weight is 446 g/mol. The number of carboxylic acids is 1. The van der Waals surface area contributed by atoms with Gasteiger partial charge in [-0.15, -0.1) is 34.9 Å². The minimum Gasteiger partial charge on any atom is -0.481 e. The van der Waals surface area contributed by atoms with Gasteiger partial charge in [0.1, 0.15) is 17.4 Å². The number of aliphatic carboxylic acids is 1. The molecule has 3 heterocycles. The number of hydrogen-bond donors (Lipinski definition) is 2. The Morgan fingerprint density at radius 3 is 2.71 bits per heavy atom. The Morgan fingerprint density at radius 2 is 2.21 bits per heavy atom. The first-order valence-electron chi connectivity index (χ1n) is 8.17. The Hall–Kier alpha value is -1.92. The number of amides is 3. The molecule has 0 radical (unpaired) electrons. The highest BCUT2D eigenvalue weighted by Crippen LogP contribution is 2.55. The lowest BCUT2D eigenvalue weighted by Gasteiger charge is -2.61. The number of nitrogens with two attached hydrogens (primary N) is 1. The third kappa shape index (κ3) is 3.03. The van der Waals surface area contributed by atoms with Gasteiger partial charge in [0, 0.05) is 19.2 Å². The Labute approximate surface area is 173 Å². The van der Waals surface area contributed by atoms with E-state index < -0.39 is 34.3 Å². The predicted molar refractivity (Wildman–Crippen MR) is 107 cm³/mol. The van der Waals surface area contributed by atoms with Crippen LogP contribution in [-0.2, 0) is 19.1 Å². The minimum absolute atomic E-state index is 0.114. The van der Waals surface area contributed by atoms with E-state index in [9.17, 15) is 24.3 Å². The summed E-state index contributed by atoms with van der Waals surface area (Å²) in [5, 5.41) is 11.8. The molecule has 2 saturated heterocycles. The number of fused-ring (bicyclic) bond motifs is 1. The van der Waals surface area contributed by atoms with Crippen molar-refractivity contribution < 1.29 is 29.0 Å². The molecule has 12 heteroatoms. The molecule has 3 amide bonds. The van der Waals surface area contributed by atoms with Crippen LogP contribution in [0.5, 0.6) is 0 Å². The van der Waals surface area contributed by atoms with Crippen LogP contribution < -0.4 is 10.6 Å². The van der Waals surface area contributed by atoms with E-state index in [4.69, 9.17) is 10.5 Å². The fourth-order valence-corrected chi connectivity index (χ4v) is 7.42. The molecule has 0 aliphatic carbocycles. The number of β-lactam (4-membered cyclic amide) rings is 1. The molecule has 2 aliphatic rings. The van der Waals surface area contributed by atoms with Crippen LogP contribution in [0.25, 0.3) is 0 Å². The summed E-state index contributed by atoms with van der Waals surface area (Å²) in [6.45, 7) is 0.864. The van der Waals surface area contributed by atoms with Gasteiger partial charge in [0.2, 0.25) is 10.8 Å². The zero-order valence-corrected chi connectivity index (χ0v) is 17.6. The minimum atomic E-state index is -1.44. The van der Waals surface area contributed by atoms with E-state index in [1.54, 1.807) is 18.4 Å². The lowest BCUT2D eigenvalue weighted by atomic mass is 9.87. The standard InChI is InChI=1S/C16H19N3O6S3/c1-9(20)19(10-4-3-5-27-10)16(26-2)11(21)18-6-15(13(22)23,7-25-14(17)24)8-28-12(16)18/h3-5,12H,6-8H2,1-2H3,(H2,17,24)(H,22,23)/t12-,15?,16?/m1/s1. The molecule has 0 spiro atoms. The van der Waals surface area contributed by atoms with Gasteiger partial charge in [-0.1, -0.05) is 0 Å². The Morgan fingerprint density at radius 1 is 1.50 bits per heavy atom. The summed E-state index contributed by atoms with van der Waals surface area (Å²) in [6.07, 6.45) is 0.691. The molecular formula is C16H19N3O6S3. The molecule has 1 aromatic rings. The molecule has 3 atom stereocenters. The van der Waals surface area contributed by atoms with Gasteiger partial charge in [0.25, 0.3) is 5.91 Å². The third-order valence-corrected chi connectivity index (χ3v) is 8.64. The van der Waals surface area contributed by atoms with Gasteiger partial charge in [-0.25, -0.2) is 4.79 Å². The van der Waals surface area contributed by atoms with Gasteiger partial charge in [-0.2, -0.15) is 0 Å². The van der Waals surface area contributed by atoms with Gasteiger partial charge in [-0.3, -0.25) is 19.3 Å². The summed E-state index contributed by atoms with van der Waals surface area (Å²) >= 11 is 3.88. The normalized spacial score (nSPS) is 28.9. The molecule has 0 aromatic carbocycles. The summed E-state index contributed by atoms with van der Waals surface area (Å²) in [5.74, 6) is -1.67. The Balaban J connectivity index is 1.91. The summed E-state index contributed by atoms with van der Waals surface area (Å²) in [6, 6.07) is 3.57. The molecule has 1 aromatic heterocycles. The summed E-state index contributed by atoms with van der Waals surface area (Å²) in [5.41, 5.74) is 3.53. The topological polar surface area (TPSA) is 130 Å². The van der Waals surface area contributed by atoms with E-state index in [0.717, 1.165) is 0 Å². The first-order valence-corrected chi connectivity index (χ1v) is 11.3. The number of nitrogens with zero attached hydrogens (tertiary/aromatic N) is 2. The number of thioether (sulfide) groups is 2. The third-order valence-electron chi connectivity index (χ3n) is 4.80. The van der Waals surface area contributed by atoms with Gasteiger partial charge < -0.3 is 20.5 Å². The molecule has 2 unspecified atom stereocenters. The van der Waals surface area contributed by atoms with Gasteiger partial charge >= 0.3 is 12.1 Å². The van der Waals surface area contributed by atoms with Crippen LogP contribution in [0.15, 0.2) is 17.5 Å². The monoisotopic (exact) mass is 445 g/mol. The smallest absolute Gasteiger partial charge is 0.404 e. The summed E-state index contributed by atoms with van der Waals surface area (Å²) in [7, 11) is 0. The van der Waals surface area contributed by atoms with E-state index in [0.29, 0.717) is 5.00 Å². The lowest BCUT2D eigenvalue weighted by Crippen LogP contribution is -2.81. The van der Waals surface area contributed by atoms with Crippen molar-refractivity contribution in [1.82, 2.24) is 4.90 Å². The number of hydrogen-bond acceptors (Lipinski definition) is 8. The maximum atomic E-state index is 13.2. The van der Waals surface area contributed by atoms with Crippen molar-refractivity contribution >= 4 is 63.7 Å². The molecular weight excluding hydrogens is 426 g/mol. The van der Waals surface area contributed by atoms with Crippen molar-refractivity contribution in [2.24, 2.45) is 11.1 Å². The van der Waals surface area contributed by atoms with Crippen molar-refractivity contribution in [1.29, 1.82) is 0 Å². The van der Waals surface area contributed by atoms with Crippen molar-refractivity contribution in [3.63, 3.8) is 0 Å². The van der Waals surface area contributed by atoms with Crippen molar-refractivity contribution in [3.8, 4) is 0 Å². The highest BCUT2D eigenvalue weighted by molar-refractivity contribution is 8.05. The van der Waals surface area contributed by atoms with E-state index in [1.807, 2.05) is 5.38 Å². The Bertz CT molecular complexity index is 819. The van der Waals surface area contributed by atoms with Crippen molar-refractivity contribution in [2.75, 3.05) is 30.1 Å². The van der Waals surface area contributed by atoms with Crippen LogP contribution in [0.3, 0.4) is 0 Å². The maximum absolute atomic E-state index is 13.2. The first kappa shape index (κ1) is 20.8. The average Bonchev–Trinajstić information content (AvgIpc) is 3.17. The molecule has 28 heavy (non-hydrogen) atoms. The largest absolute Gasteiger partial charge is 0.481 e. The molecule has 3 N–H and O–H groups in total. The number of carbonyl (C=O) groups is 4. The quantitative estimate of drug-likeness (QED) is 0.494. The first-order chi connectivity index (χ1) is 13.2. The number of thiophene rings is 1. The van der Waals surface area contributed by atoms with Gasteiger partial charge in [-0.05, 0) is 23.8 Å². The van der Waals surface area contributed by atoms with E-state index in [2.05, 4.69) is 0 Å². The molecule has 3 rings (SSSR count). The molecule has 9 nitrogen and oxygen atoms in total. The van der Waals surface area contributed by atoms with E-state index in [1.165, 1.54) is 51.6 Å². The second-order valence-corrected chi connectivity index (χ2v) is 9.52. The predicted octanol–water partition coefficient (Wildman–Crippen LogP) is 1.24. The van der Waals surface area contributed by atoms with E-state index >= 15 is 0 Å². The van der Waals surface area contributed by atoms with Gasteiger partial charge in [0.15, 0.2) is 0 Å². The zero-order valence-electron chi connectivity index (χ0n) is 15.1. The maximum Gasteiger partial charge on any atom is 0.404 e. The second-order valence-electron chi connectivity index (χ2n) is 6.50. The van der Waals surface area contributed by atoms with Crippen LogP contribution in [-0.4, -0.2) is 69.3 Å². The van der Waals surface area contributed by atoms with E-state index in [-0.39, 0.29) is 24.1 Å². The van der Waals surface area contributed by atoms with Crippen LogP contribution >= 0.6 is 34.9 Å². The zero-order chi connectivity index (χ0) is 20.7. The van der Waals surface area contributed by atoms with Crippen molar-refractivity contribution in [3.05, 3.63) is 17.5 Å². The molecule has 0 bridgehead atoms. The number of carbonyl (C=O) groups excluding carboxylic acids is 3. The lowest BCUT2D eigenvalue weighted by molar-refractivity contribution is -0.161. The van der Waals surface area contributed by atoms with Crippen LogP contribution in [0.2, 0.25) is 0 Å². The number of rotatable bonds is 6. The fourth-order valence-electron chi connectivity index (χ4n) is 3.45. The summed E-state index contributed by atoms with van der Waals surface area (Å²) in [4.78, 5) is 50.3. The number of anilines is 1. The highest BCUT2D eigenvalue weighted by atomic mass is 32.2. The molecule has 0 saturated carbocycles. The molecule has 2 fully saturated rings. The van der Waals surface area contributed by atoms with Crippen LogP contribution in [0.1, 0.15) is 6.92 Å².